The number of carboxylic acid groups (broad SMARTS) is 1. The fourth-order valence-corrected chi connectivity index (χ4v) is 3.32. The Morgan fingerprint density at radius 1 is 1.33 bits per heavy atom. The van der Waals surface area contributed by atoms with E-state index < -0.39 is 12.0 Å². The average Bonchev–Trinajstić information content (AvgIpc) is 2.36. The van der Waals surface area contributed by atoms with Crippen LogP contribution in [0.15, 0.2) is 4.47 Å². The Balaban J connectivity index is 2.68. The lowest BCUT2D eigenvalue weighted by molar-refractivity contribution is -0.138. The number of carbonyl (C=O) groups is 1. The number of carboxylic acids is 1. The van der Waals surface area contributed by atoms with Gasteiger partial charge in [0.1, 0.15) is 11.8 Å². The fraction of sp³-hybridized carbons (Fsp3) is 0.462. The molecule has 2 rings (SSSR count). The molecule has 0 amide bonds. The Hall–Kier alpha value is -1.07. The topological polar surface area (TPSA) is 83.5 Å². The minimum absolute atomic E-state index is 0.0250. The standard InChI is InChI=1S/C13H16BrNO3/c1-6-7-4-2-3-5-8(7)10(14)12(16)9(6)11(15)13(17)18/h11,16H,2-5,15H2,1H3,(H,17,18). The second-order valence-corrected chi connectivity index (χ2v) is 5.47. The van der Waals surface area contributed by atoms with E-state index in [0.717, 1.165) is 42.4 Å². The summed E-state index contributed by atoms with van der Waals surface area (Å²) in [5.74, 6) is -1.15. The zero-order valence-electron chi connectivity index (χ0n) is 10.2. The zero-order chi connectivity index (χ0) is 13.4. The van der Waals surface area contributed by atoms with E-state index in [2.05, 4.69) is 15.9 Å². The van der Waals surface area contributed by atoms with Gasteiger partial charge in [-0.15, -0.1) is 0 Å². The number of nitrogens with two attached hydrogens (primary N) is 1. The van der Waals surface area contributed by atoms with E-state index in [1.165, 1.54) is 0 Å². The molecule has 1 aromatic rings. The van der Waals surface area contributed by atoms with Crippen LogP contribution in [-0.4, -0.2) is 16.2 Å². The first-order valence-corrected chi connectivity index (χ1v) is 6.75. The molecule has 0 aliphatic heterocycles. The van der Waals surface area contributed by atoms with Gasteiger partial charge in [-0.3, -0.25) is 4.79 Å². The molecule has 0 spiro atoms. The summed E-state index contributed by atoms with van der Waals surface area (Å²) in [5, 5.41) is 19.2. The van der Waals surface area contributed by atoms with Crippen molar-refractivity contribution in [2.75, 3.05) is 0 Å². The van der Waals surface area contributed by atoms with E-state index in [0.29, 0.717) is 10.0 Å². The molecule has 1 atom stereocenters. The summed E-state index contributed by atoms with van der Waals surface area (Å²) < 4.78 is 0.606. The molecular weight excluding hydrogens is 298 g/mol. The summed E-state index contributed by atoms with van der Waals surface area (Å²) in [6, 6.07) is -1.19. The van der Waals surface area contributed by atoms with Crippen molar-refractivity contribution in [1.82, 2.24) is 0 Å². The van der Waals surface area contributed by atoms with Gasteiger partial charge in [-0.25, -0.2) is 0 Å². The number of aliphatic carboxylic acids is 1. The molecule has 0 bridgehead atoms. The lowest BCUT2D eigenvalue weighted by Gasteiger charge is -2.24. The van der Waals surface area contributed by atoms with E-state index in [1.807, 2.05) is 6.92 Å². The maximum Gasteiger partial charge on any atom is 0.325 e. The monoisotopic (exact) mass is 313 g/mol. The average molecular weight is 314 g/mol. The number of aromatic hydroxyl groups is 1. The number of benzene rings is 1. The van der Waals surface area contributed by atoms with Gasteiger partial charge >= 0.3 is 5.97 Å². The highest BCUT2D eigenvalue weighted by Crippen LogP contribution is 2.42. The van der Waals surface area contributed by atoms with Crippen LogP contribution in [0.3, 0.4) is 0 Å². The van der Waals surface area contributed by atoms with Crippen LogP contribution in [-0.2, 0) is 17.6 Å². The third kappa shape index (κ3) is 2.01. The lowest BCUT2D eigenvalue weighted by Crippen LogP contribution is -2.23. The van der Waals surface area contributed by atoms with Crippen LogP contribution in [0.5, 0.6) is 5.75 Å². The highest BCUT2D eigenvalue weighted by molar-refractivity contribution is 9.10. The molecule has 1 unspecified atom stereocenters. The van der Waals surface area contributed by atoms with Crippen molar-refractivity contribution >= 4 is 21.9 Å². The van der Waals surface area contributed by atoms with Gasteiger partial charge in [0.2, 0.25) is 0 Å². The predicted molar refractivity (Wildman–Crippen MR) is 71.8 cm³/mol. The number of hydrogen-bond acceptors (Lipinski definition) is 3. The zero-order valence-corrected chi connectivity index (χ0v) is 11.7. The van der Waals surface area contributed by atoms with Crippen molar-refractivity contribution < 1.29 is 15.0 Å². The second-order valence-electron chi connectivity index (χ2n) is 4.68. The highest BCUT2D eigenvalue weighted by atomic mass is 79.9. The van der Waals surface area contributed by atoms with Crippen LogP contribution in [0.1, 0.15) is 41.1 Å². The van der Waals surface area contributed by atoms with E-state index in [9.17, 15) is 9.90 Å². The predicted octanol–water partition coefficient (Wildman–Crippen LogP) is 2.43. The highest BCUT2D eigenvalue weighted by Gasteiger charge is 2.27. The molecule has 98 valence electrons. The number of fused-ring (bicyclic) bond motifs is 1. The van der Waals surface area contributed by atoms with Gasteiger partial charge in [0.05, 0.1) is 4.47 Å². The van der Waals surface area contributed by atoms with E-state index >= 15 is 0 Å². The molecule has 4 N–H and O–H groups in total. The first-order valence-electron chi connectivity index (χ1n) is 5.96. The van der Waals surface area contributed by atoms with E-state index in [1.54, 1.807) is 0 Å². The SMILES string of the molecule is Cc1c2c(c(Br)c(O)c1C(N)C(=O)O)CCCC2. The first kappa shape index (κ1) is 13.4. The molecule has 0 fully saturated rings. The summed E-state index contributed by atoms with van der Waals surface area (Å²) in [6.45, 7) is 1.84. The van der Waals surface area contributed by atoms with Gasteiger partial charge < -0.3 is 15.9 Å². The van der Waals surface area contributed by atoms with Gasteiger partial charge in [0.15, 0.2) is 0 Å². The van der Waals surface area contributed by atoms with Crippen LogP contribution in [0.4, 0.5) is 0 Å². The summed E-state index contributed by atoms with van der Waals surface area (Å²) >= 11 is 3.37. The Labute approximate surface area is 114 Å². The number of phenols is 1. The van der Waals surface area contributed by atoms with Gasteiger partial charge in [0, 0.05) is 5.56 Å². The summed E-state index contributed by atoms with van der Waals surface area (Å²) in [6.07, 6.45) is 4.01. The van der Waals surface area contributed by atoms with Crippen LogP contribution in [0, 0.1) is 6.92 Å². The normalized spacial score (nSPS) is 16.2. The van der Waals surface area contributed by atoms with Gasteiger partial charge in [-0.2, -0.15) is 0 Å². The Morgan fingerprint density at radius 3 is 2.44 bits per heavy atom. The molecular formula is C13H16BrNO3. The molecule has 0 saturated heterocycles. The Kier molecular flexibility index (Phi) is 3.64. The van der Waals surface area contributed by atoms with E-state index in [-0.39, 0.29) is 5.75 Å². The molecule has 4 nitrogen and oxygen atoms in total. The number of hydrogen-bond donors (Lipinski definition) is 3. The Morgan fingerprint density at radius 2 is 1.89 bits per heavy atom. The number of halogens is 1. The maximum atomic E-state index is 11.0. The van der Waals surface area contributed by atoms with Crippen molar-refractivity contribution in [2.24, 2.45) is 5.73 Å². The minimum Gasteiger partial charge on any atom is -0.506 e. The minimum atomic E-state index is -1.19. The largest absolute Gasteiger partial charge is 0.506 e. The Bertz CT molecular complexity index is 514. The third-order valence-electron chi connectivity index (χ3n) is 3.63. The maximum absolute atomic E-state index is 11.0. The van der Waals surface area contributed by atoms with E-state index in [4.69, 9.17) is 10.8 Å². The molecule has 0 heterocycles. The van der Waals surface area contributed by atoms with Crippen molar-refractivity contribution in [3.63, 3.8) is 0 Å². The van der Waals surface area contributed by atoms with Gasteiger partial charge in [-0.05, 0) is 65.2 Å². The van der Waals surface area contributed by atoms with Gasteiger partial charge in [-0.1, -0.05) is 0 Å². The molecule has 0 aromatic heterocycles. The van der Waals surface area contributed by atoms with Gasteiger partial charge in [0.25, 0.3) is 0 Å². The van der Waals surface area contributed by atoms with Crippen molar-refractivity contribution in [2.45, 2.75) is 38.6 Å². The number of rotatable bonds is 2. The van der Waals surface area contributed by atoms with Crippen molar-refractivity contribution in [1.29, 1.82) is 0 Å². The molecule has 1 aromatic carbocycles. The van der Waals surface area contributed by atoms with Crippen LogP contribution >= 0.6 is 15.9 Å². The quantitative estimate of drug-likeness (QED) is 0.783. The lowest BCUT2D eigenvalue weighted by atomic mass is 9.84. The summed E-state index contributed by atoms with van der Waals surface area (Å²) in [7, 11) is 0. The third-order valence-corrected chi connectivity index (χ3v) is 4.48. The molecule has 5 heteroatoms. The first-order chi connectivity index (χ1) is 8.45. The fourth-order valence-electron chi connectivity index (χ4n) is 2.67. The smallest absolute Gasteiger partial charge is 0.325 e. The van der Waals surface area contributed by atoms with Crippen molar-refractivity contribution in [3.8, 4) is 5.75 Å². The van der Waals surface area contributed by atoms with Crippen LogP contribution in [0.2, 0.25) is 0 Å². The number of phenolic OH excluding ortho intramolecular Hbond substituents is 1. The summed E-state index contributed by atoms with van der Waals surface area (Å²) in [5.41, 5.74) is 9.04. The molecule has 0 radical (unpaired) electrons. The molecule has 1 aliphatic carbocycles. The van der Waals surface area contributed by atoms with Crippen LogP contribution in [0.25, 0.3) is 0 Å². The molecule has 0 saturated carbocycles. The second kappa shape index (κ2) is 4.90. The molecule has 18 heavy (non-hydrogen) atoms. The summed E-state index contributed by atoms with van der Waals surface area (Å²) in [4.78, 5) is 11.0. The van der Waals surface area contributed by atoms with Crippen LogP contribution < -0.4 is 5.73 Å². The van der Waals surface area contributed by atoms with Crippen molar-refractivity contribution in [3.05, 3.63) is 26.7 Å². The molecule has 1 aliphatic rings.